The van der Waals surface area contributed by atoms with E-state index in [1.807, 2.05) is 0 Å². The number of hydrogen-bond acceptors (Lipinski definition) is 5. The molecular weight excluding hydrogens is 420 g/mol. The van der Waals surface area contributed by atoms with Gasteiger partial charge in [-0.1, -0.05) is 12.1 Å². The summed E-state index contributed by atoms with van der Waals surface area (Å²) in [6, 6.07) is 13.5. The van der Waals surface area contributed by atoms with E-state index in [1.165, 1.54) is 12.0 Å². The molecule has 1 unspecified atom stereocenters. The molecule has 0 fully saturated rings. The second-order valence-corrected chi connectivity index (χ2v) is 7.91. The van der Waals surface area contributed by atoms with Gasteiger partial charge in [-0.3, -0.25) is 18.1 Å². The van der Waals surface area contributed by atoms with Crippen LogP contribution in [0.25, 0.3) is 10.8 Å². The van der Waals surface area contributed by atoms with Crippen molar-refractivity contribution < 1.29 is 28.2 Å². The van der Waals surface area contributed by atoms with Crippen molar-refractivity contribution in [3.05, 3.63) is 59.7 Å². The summed E-state index contributed by atoms with van der Waals surface area (Å²) < 4.78 is 31.1. The smallest absolute Gasteiger partial charge is 0.303 e. The van der Waals surface area contributed by atoms with E-state index in [2.05, 4.69) is 0 Å². The average molecular weight is 439 g/mol. The van der Waals surface area contributed by atoms with Crippen LogP contribution in [0.4, 0.5) is 17.1 Å². The zero-order valence-corrected chi connectivity index (χ0v) is 17.6. The minimum absolute atomic E-state index is 0.103. The highest BCUT2D eigenvalue weighted by atomic mass is 32.2. The Kier molecular flexibility index (Phi) is 5.38. The van der Waals surface area contributed by atoms with E-state index in [1.54, 1.807) is 55.6 Å². The number of aliphatic carboxylic acids is 1. The van der Waals surface area contributed by atoms with Crippen LogP contribution in [-0.2, 0) is 22.5 Å². The van der Waals surface area contributed by atoms with Crippen LogP contribution in [0.2, 0.25) is 0 Å². The molecule has 160 valence electrons. The maximum Gasteiger partial charge on any atom is 0.303 e. The summed E-state index contributed by atoms with van der Waals surface area (Å²) in [6.45, 7) is 0. The largest absolute Gasteiger partial charge is 0.755 e. The second kappa shape index (κ2) is 8.01. The normalized spacial score (nSPS) is 13.5. The van der Waals surface area contributed by atoms with Crippen molar-refractivity contribution in [3.8, 4) is 5.75 Å². The Bertz CT molecular complexity index is 1240. The summed E-state index contributed by atoms with van der Waals surface area (Å²) in [5.41, 5.74) is 2.40. The SMILES string of the molecule is COc1ccccc1N(c1ccc2c3c(cc(CCC(=O)O)cc13)C(=O)N2C)S(=O)[O-]. The fraction of sp³-hybridized carbons (Fsp3) is 0.182. The number of carboxylic acid groups (broad SMARTS) is 1. The van der Waals surface area contributed by atoms with Gasteiger partial charge in [-0.05, 0) is 48.4 Å². The Hall–Kier alpha value is -3.43. The fourth-order valence-electron chi connectivity index (χ4n) is 3.91. The zero-order valence-electron chi connectivity index (χ0n) is 16.8. The lowest BCUT2D eigenvalue weighted by molar-refractivity contribution is -0.136. The lowest BCUT2D eigenvalue weighted by atomic mass is 9.97. The first-order chi connectivity index (χ1) is 14.8. The molecule has 9 heteroatoms. The molecule has 4 rings (SSSR count). The zero-order chi connectivity index (χ0) is 22.3. The Morgan fingerprint density at radius 3 is 2.61 bits per heavy atom. The quantitative estimate of drug-likeness (QED) is 0.565. The Balaban J connectivity index is 2.00. The van der Waals surface area contributed by atoms with E-state index >= 15 is 0 Å². The number of anilines is 3. The van der Waals surface area contributed by atoms with Crippen LogP contribution in [0.15, 0.2) is 48.5 Å². The number of ether oxygens (including phenoxy) is 1. The predicted octanol–water partition coefficient (Wildman–Crippen LogP) is 3.39. The van der Waals surface area contributed by atoms with Gasteiger partial charge in [-0.25, -0.2) is 0 Å². The van der Waals surface area contributed by atoms with Crippen molar-refractivity contribution in [2.45, 2.75) is 12.8 Å². The maximum absolute atomic E-state index is 12.8. The first kappa shape index (κ1) is 20.8. The highest BCUT2D eigenvalue weighted by Gasteiger charge is 2.30. The molecule has 0 bridgehead atoms. The molecular formula is C22H19N2O6S-. The summed E-state index contributed by atoms with van der Waals surface area (Å²) >= 11 is -2.69. The third kappa shape index (κ3) is 3.51. The van der Waals surface area contributed by atoms with Crippen LogP contribution in [0.1, 0.15) is 22.3 Å². The molecule has 1 heterocycles. The molecule has 0 radical (unpaired) electrons. The third-order valence-electron chi connectivity index (χ3n) is 5.33. The molecule has 1 atom stereocenters. The van der Waals surface area contributed by atoms with E-state index in [0.29, 0.717) is 44.7 Å². The Morgan fingerprint density at radius 1 is 1.19 bits per heavy atom. The Labute approximate surface area is 181 Å². The third-order valence-corrected chi connectivity index (χ3v) is 6.02. The van der Waals surface area contributed by atoms with Crippen molar-refractivity contribution in [3.63, 3.8) is 0 Å². The summed E-state index contributed by atoms with van der Waals surface area (Å²) in [5, 5.41) is 10.2. The van der Waals surface area contributed by atoms with Crippen LogP contribution in [0.3, 0.4) is 0 Å². The van der Waals surface area contributed by atoms with Crippen molar-refractivity contribution in [1.82, 2.24) is 0 Å². The van der Waals surface area contributed by atoms with E-state index in [-0.39, 0.29) is 18.7 Å². The minimum atomic E-state index is -2.69. The van der Waals surface area contributed by atoms with Crippen LogP contribution < -0.4 is 13.9 Å². The van der Waals surface area contributed by atoms with Gasteiger partial charge in [0.1, 0.15) is 5.75 Å². The fourth-order valence-corrected chi connectivity index (χ4v) is 4.54. The van der Waals surface area contributed by atoms with Gasteiger partial charge >= 0.3 is 5.97 Å². The topological polar surface area (TPSA) is 110 Å². The first-order valence-corrected chi connectivity index (χ1v) is 10.5. The van der Waals surface area contributed by atoms with Crippen molar-refractivity contribution in [1.29, 1.82) is 0 Å². The molecule has 1 N–H and O–H groups in total. The van der Waals surface area contributed by atoms with E-state index in [0.717, 1.165) is 4.31 Å². The number of aryl methyl sites for hydroxylation is 1. The van der Waals surface area contributed by atoms with Crippen molar-refractivity contribution in [2.24, 2.45) is 0 Å². The molecule has 1 amide bonds. The lowest BCUT2D eigenvalue weighted by Gasteiger charge is -2.29. The molecule has 0 aromatic heterocycles. The molecule has 8 nitrogen and oxygen atoms in total. The van der Waals surface area contributed by atoms with Gasteiger partial charge in [0, 0.05) is 24.2 Å². The number of carbonyl (C=O) groups excluding carboxylic acids is 1. The van der Waals surface area contributed by atoms with Gasteiger partial charge in [0.05, 0.1) is 41.0 Å². The molecule has 3 aromatic rings. The highest BCUT2D eigenvalue weighted by Crippen LogP contribution is 2.45. The molecule has 3 aromatic carbocycles. The van der Waals surface area contributed by atoms with Crippen LogP contribution >= 0.6 is 0 Å². The first-order valence-electron chi connectivity index (χ1n) is 9.45. The molecule has 31 heavy (non-hydrogen) atoms. The van der Waals surface area contributed by atoms with Gasteiger partial charge in [-0.2, -0.15) is 0 Å². The van der Waals surface area contributed by atoms with Gasteiger partial charge in [0.2, 0.25) is 0 Å². The van der Waals surface area contributed by atoms with Crippen LogP contribution in [0.5, 0.6) is 5.75 Å². The van der Waals surface area contributed by atoms with Gasteiger partial charge in [-0.15, -0.1) is 0 Å². The molecule has 0 spiro atoms. The number of rotatable bonds is 7. The summed E-state index contributed by atoms with van der Waals surface area (Å²) in [4.78, 5) is 25.4. The van der Waals surface area contributed by atoms with E-state index in [4.69, 9.17) is 9.84 Å². The minimum Gasteiger partial charge on any atom is -0.755 e. The van der Waals surface area contributed by atoms with Crippen molar-refractivity contribution >= 4 is 51.0 Å². The van der Waals surface area contributed by atoms with Crippen LogP contribution in [-0.4, -0.2) is 39.9 Å². The lowest BCUT2D eigenvalue weighted by Crippen LogP contribution is -2.21. The van der Waals surface area contributed by atoms with Crippen molar-refractivity contribution in [2.75, 3.05) is 23.4 Å². The second-order valence-electron chi connectivity index (χ2n) is 7.11. The number of carboxylic acids is 1. The number of carbonyl (C=O) groups is 2. The number of methoxy groups -OCH3 is 1. The van der Waals surface area contributed by atoms with Gasteiger partial charge in [0.15, 0.2) is 0 Å². The number of benzene rings is 3. The van der Waals surface area contributed by atoms with Crippen LogP contribution in [0, 0.1) is 0 Å². The molecule has 1 aliphatic heterocycles. The summed E-state index contributed by atoms with van der Waals surface area (Å²) in [6.07, 6.45) is 0.113. The molecule has 0 aliphatic carbocycles. The molecule has 1 aliphatic rings. The van der Waals surface area contributed by atoms with E-state index in [9.17, 15) is 18.4 Å². The number of hydrogen-bond donors (Lipinski definition) is 1. The Morgan fingerprint density at radius 2 is 1.94 bits per heavy atom. The number of amides is 1. The molecule has 0 saturated heterocycles. The van der Waals surface area contributed by atoms with Gasteiger partial charge < -0.3 is 19.3 Å². The highest BCUT2D eigenvalue weighted by molar-refractivity contribution is 7.81. The maximum atomic E-state index is 12.8. The summed E-state index contributed by atoms with van der Waals surface area (Å²) in [7, 11) is 3.10. The number of para-hydroxylation sites is 2. The standard InChI is InChI=1S/C22H20N2O6S/c1-23-18-9-8-16(24(31(28)29)17-5-3-4-6-19(17)30-2)14-11-13(7-10-20(25)26)12-15(21(14)18)22(23)27/h3-6,8-9,11-12H,7,10H2,1-2H3,(H,25,26)(H,28,29)/p-1. The monoisotopic (exact) mass is 439 g/mol. The summed E-state index contributed by atoms with van der Waals surface area (Å²) in [5.74, 6) is -0.805. The average Bonchev–Trinajstić information content (AvgIpc) is 3.00. The predicted molar refractivity (Wildman–Crippen MR) is 117 cm³/mol. The number of nitrogens with zero attached hydrogens (tertiary/aromatic N) is 2. The van der Waals surface area contributed by atoms with E-state index < -0.39 is 17.2 Å². The molecule has 0 saturated carbocycles. The van der Waals surface area contributed by atoms with Gasteiger partial charge in [0.25, 0.3) is 5.91 Å².